The Hall–Kier alpha value is -1.20. The van der Waals surface area contributed by atoms with Gasteiger partial charge in [-0.15, -0.1) is 11.3 Å². The number of allylic oxidation sites excluding steroid dienone is 1. The van der Waals surface area contributed by atoms with Gasteiger partial charge in [-0.3, -0.25) is 9.48 Å². The van der Waals surface area contributed by atoms with Gasteiger partial charge in [0.05, 0.1) is 11.1 Å². The Bertz CT molecular complexity index is 628. The quantitative estimate of drug-likeness (QED) is 0.563. The molecule has 2 aromatic heterocycles. The van der Waals surface area contributed by atoms with Crippen LogP contribution in [-0.4, -0.2) is 15.6 Å². The molecule has 0 N–H and O–H groups in total. The summed E-state index contributed by atoms with van der Waals surface area (Å²) in [5, 5.41) is 4.18. The van der Waals surface area contributed by atoms with Crippen molar-refractivity contribution in [3.8, 4) is 0 Å². The molecule has 3 nitrogen and oxygen atoms in total. The minimum absolute atomic E-state index is 0.0438. The fourth-order valence-corrected chi connectivity index (χ4v) is 3.71. The van der Waals surface area contributed by atoms with E-state index in [0.29, 0.717) is 0 Å². The highest BCUT2D eigenvalue weighted by atomic mass is 79.9. The Kier molecular flexibility index (Phi) is 5.31. The van der Waals surface area contributed by atoms with Crippen LogP contribution in [0.3, 0.4) is 0 Å². The van der Waals surface area contributed by atoms with E-state index in [9.17, 15) is 4.79 Å². The van der Waals surface area contributed by atoms with Crippen LogP contribution >= 0.6 is 27.3 Å². The number of thiophene rings is 1. The van der Waals surface area contributed by atoms with Crippen molar-refractivity contribution < 1.29 is 4.79 Å². The van der Waals surface area contributed by atoms with Gasteiger partial charge in [0.25, 0.3) is 0 Å². The van der Waals surface area contributed by atoms with Crippen molar-refractivity contribution in [2.45, 2.75) is 33.2 Å². The number of halogens is 1. The maximum atomic E-state index is 12.1. The van der Waals surface area contributed by atoms with E-state index in [4.69, 9.17) is 0 Å². The molecule has 2 rings (SSSR count). The van der Waals surface area contributed by atoms with Crippen molar-refractivity contribution >= 4 is 39.1 Å². The maximum absolute atomic E-state index is 12.1. The van der Waals surface area contributed by atoms with Gasteiger partial charge < -0.3 is 0 Å². The molecule has 0 fully saturated rings. The predicted molar refractivity (Wildman–Crippen MR) is 87.3 cm³/mol. The molecule has 0 aliphatic heterocycles. The van der Waals surface area contributed by atoms with E-state index >= 15 is 0 Å². The van der Waals surface area contributed by atoms with Crippen molar-refractivity contribution in [2.75, 3.05) is 0 Å². The van der Waals surface area contributed by atoms with Crippen molar-refractivity contribution in [3.63, 3.8) is 0 Å². The van der Waals surface area contributed by atoms with E-state index in [1.807, 2.05) is 29.9 Å². The van der Waals surface area contributed by atoms with E-state index in [-0.39, 0.29) is 5.78 Å². The number of hydrogen-bond donors (Lipinski definition) is 0. The molecule has 0 aliphatic rings. The van der Waals surface area contributed by atoms with Crippen LogP contribution in [0.15, 0.2) is 29.0 Å². The van der Waals surface area contributed by atoms with Gasteiger partial charge in [0, 0.05) is 27.7 Å². The molecule has 2 heterocycles. The fourth-order valence-electron chi connectivity index (χ4n) is 1.82. The third-order valence-electron chi connectivity index (χ3n) is 2.88. The first-order chi connectivity index (χ1) is 9.63. The molecule has 0 bridgehead atoms. The van der Waals surface area contributed by atoms with E-state index in [0.717, 1.165) is 34.3 Å². The second-order valence-electron chi connectivity index (χ2n) is 4.46. The topological polar surface area (TPSA) is 34.9 Å². The first-order valence-corrected chi connectivity index (χ1v) is 8.28. The summed E-state index contributed by atoms with van der Waals surface area (Å²) in [5.41, 5.74) is 0.949. The normalized spacial score (nSPS) is 11.3. The van der Waals surface area contributed by atoms with Crippen molar-refractivity contribution in [2.24, 2.45) is 0 Å². The molecular weight excluding hydrogens is 336 g/mol. The zero-order valence-corrected chi connectivity index (χ0v) is 14.0. The number of carbonyl (C=O) groups excluding carboxylic acids is 1. The highest BCUT2D eigenvalue weighted by molar-refractivity contribution is 9.10. The van der Waals surface area contributed by atoms with Crippen LogP contribution in [0.4, 0.5) is 0 Å². The Balaban J connectivity index is 2.09. The number of aromatic nitrogens is 2. The summed E-state index contributed by atoms with van der Waals surface area (Å²) in [5.74, 6) is 0.0438. The zero-order chi connectivity index (χ0) is 14.5. The minimum atomic E-state index is 0.0438. The second kappa shape index (κ2) is 6.99. The molecule has 0 amide bonds. The summed E-state index contributed by atoms with van der Waals surface area (Å²) < 4.78 is 2.88. The van der Waals surface area contributed by atoms with E-state index in [1.165, 1.54) is 4.88 Å². The Morgan fingerprint density at radius 2 is 2.30 bits per heavy atom. The molecule has 0 atom stereocenters. The number of ketones is 1. The van der Waals surface area contributed by atoms with Gasteiger partial charge in [0.1, 0.15) is 0 Å². The third-order valence-corrected chi connectivity index (χ3v) is 5.06. The van der Waals surface area contributed by atoms with Crippen LogP contribution in [0, 0.1) is 0 Å². The molecule has 0 aliphatic carbocycles. The molecule has 20 heavy (non-hydrogen) atoms. The lowest BCUT2D eigenvalue weighted by Crippen LogP contribution is -1.92. The van der Waals surface area contributed by atoms with Gasteiger partial charge in [-0.2, -0.15) is 5.10 Å². The molecule has 0 aromatic carbocycles. The van der Waals surface area contributed by atoms with E-state index < -0.39 is 0 Å². The average molecular weight is 353 g/mol. The van der Waals surface area contributed by atoms with Crippen molar-refractivity contribution in [3.05, 3.63) is 44.3 Å². The SMILES string of the molecule is CCCc1sc(C(=O)/C=C/c2cnn(CC)c2)cc1Br. The maximum Gasteiger partial charge on any atom is 0.195 e. The van der Waals surface area contributed by atoms with Gasteiger partial charge in [0.2, 0.25) is 0 Å². The monoisotopic (exact) mass is 352 g/mol. The highest BCUT2D eigenvalue weighted by Crippen LogP contribution is 2.29. The van der Waals surface area contributed by atoms with Crippen molar-refractivity contribution in [1.29, 1.82) is 0 Å². The van der Waals surface area contributed by atoms with Gasteiger partial charge >= 0.3 is 0 Å². The average Bonchev–Trinajstić information content (AvgIpc) is 3.04. The largest absolute Gasteiger partial charge is 0.288 e. The first kappa shape index (κ1) is 15.2. The molecule has 0 spiro atoms. The van der Waals surface area contributed by atoms with Crippen LogP contribution in [0.1, 0.15) is 40.4 Å². The third kappa shape index (κ3) is 3.67. The number of carbonyl (C=O) groups is 1. The van der Waals surface area contributed by atoms with Gasteiger partial charge in [-0.25, -0.2) is 0 Å². The second-order valence-corrected chi connectivity index (χ2v) is 6.45. The molecule has 0 saturated heterocycles. The summed E-state index contributed by atoms with van der Waals surface area (Å²) in [7, 11) is 0. The summed E-state index contributed by atoms with van der Waals surface area (Å²) in [4.78, 5) is 14.2. The molecule has 0 saturated carbocycles. The zero-order valence-electron chi connectivity index (χ0n) is 11.6. The lowest BCUT2D eigenvalue weighted by molar-refractivity contribution is 0.105. The summed E-state index contributed by atoms with van der Waals surface area (Å²) >= 11 is 5.08. The molecule has 2 aromatic rings. The fraction of sp³-hybridized carbons (Fsp3) is 0.333. The van der Waals surface area contributed by atoms with E-state index in [1.54, 1.807) is 23.6 Å². The Morgan fingerprint density at radius 3 is 2.95 bits per heavy atom. The lowest BCUT2D eigenvalue weighted by Gasteiger charge is -1.91. The van der Waals surface area contributed by atoms with Gasteiger partial charge in [0.15, 0.2) is 5.78 Å². The van der Waals surface area contributed by atoms with Gasteiger partial charge in [-0.1, -0.05) is 13.3 Å². The van der Waals surface area contributed by atoms with Crippen LogP contribution in [0.2, 0.25) is 0 Å². The van der Waals surface area contributed by atoms with Gasteiger partial charge in [-0.05, 0) is 47.5 Å². The van der Waals surface area contributed by atoms with Crippen LogP contribution in [0.5, 0.6) is 0 Å². The minimum Gasteiger partial charge on any atom is -0.288 e. The van der Waals surface area contributed by atoms with Crippen LogP contribution in [-0.2, 0) is 13.0 Å². The molecule has 0 radical (unpaired) electrons. The number of hydrogen-bond acceptors (Lipinski definition) is 3. The lowest BCUT2D eigenvalue weighted by atomic mass is 10.2. The molecule has 106 valence electrons. The van der Waals surface area contributed by atoms with E-state index in [2.05, 4.69) is 28.0 Å². The summed E-state index contributed by atoms with van der Waals surface area (Å²) in [6.45, 7) is 5.00. The Labute approximate surface area is 131 Å². The molecular formula is C15H17BrN2OS. The predicted octanol–water partition coefficient (Wildman–Crippen LogP) is 4.58. The summed E-state index contributed by atoms with van der Waals surface area (Å²) in [6.07, 6.45) is 9.21. The van der Waals surface area contributed by atoms with Crippen LogP contribution in [0.25, 0.3) is 6.08 Å². The number of nitrogens with zero attached hydrogens (tertiary/aromatic N) is 2. The highest BCUT2D eigenvalue weighted by Gasteiger charge is 2.10. The van der Waals surface area contributed by atoms with Crippen molar-refractivity contribution in [1.82, 2.24) is 9.78 Å². The Morgan fingerprint density at radius 1 is 1.50 bits per heavy atom. The number of aryl methyl sites for hydroxylation is 2. The molecule has 0 unspecified atom stereocenters. The smallest absolute Gasteiger partial charge is 0.195 e. The molecule has 5 heteroatoms. The van der Waals surface area contributed by atoms with Crippen LogP contribution < -0.4 is 0 Å². The first-order valence-electron chi connectivity index (χ1n) is 6.67. The summed E-state index contributed by atoms with van der Waals surface area (Å²) in [6, 6.07) is 1.91. The number of rotatable bonds is 6. The standard InChI is InChI=1S/C15H17BrN2OS/c1-3-5-14-12(16)8-15(20-14)13(19)7-6-11-9-17-18(4-2)10-11/h6-10H,3-5H2,1-2H3/b7-6+.